The number of nitrogens with one attached hydrogen (secondary N) is 1. The number of amides is 1. The molecule has 0 atom stereocenters. The number of hydroxylamine groups is 1. The lowest BCUT2D eigenvalue weighted by molar-refractivity contribution is -0.129. The van der Waals surface area contributed by atoms with E-state index in [-0.39, 0.29) is 11.8 Å². The quantitative estimate of drug-likeness (QED) is 0.102. The van der Waals surface area contributed by atoms with Crippen LogP contribution in [0.3, 0.4) is 0 Å². The molecule has 0 spiro atoms. The smallest absolute Gasteiger partial charge is 0.236 e. The molecule has 198 valence electrons. The molecule has 4 heteroatoms. The molecule has 0 rings (SSSR count). The summed E-state index contributed by atoms with van der Waals surface area (Å²) in [5, 5.41) is 12.6. The number of carbonyl (C=O) groups excluding carboxylic acids is 1. The van der Waals surface area contributed by atoms with E-state index < -0.39 is 0 Å². The molecule has 0 aliphatic heterocycles. The van der Waals surface area contributed by atoms with Gasteiger partial charge in [-0.25, -0.2) is 0 Å². The second kappa shape index (κ2) is 26.0. The van der Waals surface area contributed by atoms with E-state index in [1.165, 1.54) is 116 Å². The summed E-state index contributed by atoms with van der Waals surface area (Å²) in [5.74, 6) is -0.0494. The molecule has 0 radical (unpaired) electrons. The summed E-state index contributed by atoms with van der Waals surface area (Å²) in [4.78, 5) is 12.7. The molecule has 0 aliphatic rings. The van der Waals surface area contributed by atoms with Gasteiger partial charge in [0.05, 0.1) is 0 Å². The summed E-state index contributed by atoms with van der Waals surface area (Å²) >= 11 is 0. The Morgan fingerprint density at radius 3 is 1.24 bits per heavy atom. The van der Waals surface area contributed by atoms with E-state index in [0.29, 0.717) is 6.54 Å². The predicted octanol–water partition coefficient (Wildman–Crippen LogP) is 9.47. The topological polar surface area (TPSA) is 55.4 Å². The molecular formula is C29H59N2O2-. The number of hydrazine groups is 1. The summed E-state index contributed by atoms with van der Waals surface area (Å²) in [6.07, 6.45) is 28.9. The van der Waals surface area contributed by atoms with Gasteiger partial charge in [0.25, 0.3) is 0 Å². The SMILES string of the molecule is CCCCCCCCCCCCC(CCCCCCCCCCCC)C(=O)NN([O-])CCC. The minimum Gasteiger partial charge on any atom is -0.767 e. The average Bonchev–Trinajstić information content (AvgIpc) is 2.80. The molecule has 0 aromatic heterocycles. The lowest BCUT2D eigenvalue weighted by Gasteiger charge is -2.30. The van der Waals surface area contributed by atoms with Gasteiger partial charge in [0.15, 0.2) is 0 Å². The molecule has 0 saturated carbocycles. The fourth-order valence-corrected chi connectivity index (χ4v) is 4.64. The molecule has 4 nitrogen and oxygen atoms in total. The first-order valence-corrected chi connectivity index (χ1v) is 14.9. The van der Waals surface area contributed by atoms with Crippen LogP contribution < -0.4 is 5.43 Å². The molecule has 0 aromatic rings. The summed E-state index contributed by atoms with van der Waals surface area (Å²) in [6.45, 7) is 6.86. The third-order valence-corrected chi connectivity index (χ3v) is 6.84. The van der Waals surface area contributed by atoms with E-state index in [1.54, 1.807) is 0 Å². The van der Waals surface area contributed by atoms with E-state index in [4.69, 9.17) is 0 Å². The Morgan fingerprint density at radius 1 is 0.576 bits per heavy atom. The van der Waals surface area contributed by atoms with E-state index in [1.807, 2.05) is 6.92 Å². The van der Waals surface area contributed by atoms with Crippen molar-refractivity contribution >= 4 is 5.91 Å². The Bertz CT molecular complexity index is 379. The minimum absolute atomic E-state index is 0.00129. The molecule has 0 saturated heterocycles. The first-order valence-electron chi connectivity index (χ1n) is 14.9. The van der Waals surface area contributed by atoms with Crippen LogP contribution in [-0.4, -0.2) is 17.6 Å². The fraction of sp³-hybridized carbons (Fsp3) is 0.966. The molecule has 0 aliphatic carbocycles. The first kappa shape index (κ1) is 32.4. The van der Waals surface area contributed by atoms with Crippen molar-refractivity contribution in [2.45, 2.75) is 168 Å². The molecule has 1 amide bonds. The normalized spacial score (nSPS) is 11.6. The van der Waals surface area contributed by atoms with Crippen LogP contribution in [0, 0.1) is 11.1 Å². The summed E-state index contributed by atoms with van der Waals surface area (Å²) in [7, 11) is 0. The van der Waals surface area contributed by atoms with Crippen molar-refractivity contribution in [1.29, 1.82) is 0 Å². The van der Waals surface area contributed by atoms with Crippen molar-refractivity contribution in [1.82, 2.24) is 10.6 Å². The fourth-order valence-electron chi connectivity index (χ4n) is 4.64. The minimum atomic E-state index is -0.0506. The third-order valence-electron chi connectivity index (χ3n) is 6.84. The zero-order chi connectivity index (χ0) is 24.4. The second-order valence-corrected chi connectivity index (χ2v) is 10.2. The lowest BCUT2D eigenvalue weighted by Crippen LogP contribution is -2.42. The number of carbonyl (C=O) groups is 1. The van der Waals surface area contributed by atoms with Crippen molar-refractivity contribution in [3.8, 4) is 0 Å². The Balaban J connectivity index is 4.01. The number of hydrogen-bond acceptors (Lipinski definition) is 3. The van der Waals surface area contributed by atoms with Gasteiger partial charge >= 0.3 is 0 Å². The van der Waals surface area contributed by atoms with Crippen LogP contribution in [0.15, 0.2) is 0 Å². The monoisotopic (exact) mass is 467 g/mol. The van der Waals surface area contributed by atoms with Crippen molar-refractivity contribution < 1.29 is 4.79 Å². The summed E-state index contributed by atoms with van der Waals surface area (Å²) in [5.41, 5.74) is 2.59. The van der Waals surface area contributed by atoms with E-state index in [2.05, 4.69) is 19.3 Å². The number of unbranched alkanes of at least 4 members (excludes halogenated alkanes) is 18. The maximum Gasteiger partial charge on any atom is 0.236 e. The molecule has 0 aromatic carbocycles. The molecular weight excluding hydrogens is 408 g/mol. The predicted molar refractivity (Wildman–Crippen MR) is 145 cm³/mol. The number of hydrogen-bond donors (Lipinski definition) is 1. The molecule has 0 fully saturated rings. The zero-order valence-electron chi connectivity index (χ0n) is 22.8. The largest absolute Gasteiger partial charge is 0.767 e. The van der Waals surface area contributed by atoms with Crippen LogP contribution in [-0.2, 0) is 4.79 Å². The van der Waals surface area contributed by atoms with Gasteiger partial charge in [-0.1, -0.05) is 149 Å². The first-order chi connectivity index (χ1) is 16.2. The highest BCUT2D eigenvalue weighted by atomic mass is 16.5. The summed E-state index contributed by atoms with van der Waals surface area (Å²) in [6, 6.07) is 0. The van der Waals surface area contributed by atoms with E-state index >= 15 is 0 Å². The molecule has 0 heterocycles. The maximum absolute atomic E-state index is 12.7. The second-order valence-electron chi connectivity index (χ2n) is 10.2. The van der Waals surface area contributed by atoms with Crippen LogP contribution in [0.4, 0.5) is 0 Å². The van der Waals surface area contributed by atoms with Crippen molar-refractivity contribution in [2.75, 3.05) is 6.54 Å². The highest BCUT2D eigenvalue weighted by molar-refractivity contribution is 5.78. The van der Waals surface area contributed by atoms with Crippen LogP contribution in [0.1, 0.15) is 168 Å². The van der Waals surface area contributed by atoms with Crippen LogP contribution >= 0.6 is 0 Å². The van der Waals surface area contributed by atoms with Gasteiger partial charge in [-0.2, -0.15) is 0 Å². The van der Waals surface area contributed by atoms with Crippen LogP contribution in [0.2, 0.25) is 0 Å². The van der Waals surface area contributed by atoms with Crippen LogP contribution in [0.5, 0.6) is 0 Å². The molecule has 1 N–H and O–H groups in total. The Hall–Kier alpha value is -0.610. The molecule has 0 unspecified atom stereocenters. The van der Waals surface area contributed by atoms with Gasteiger partial charge in [0, 0.05) is 12.5 Å². The lowest BCUT2D eigenvalue weighted by atomic mass is 9.93. The number of nitrogens with zero attached hydrogens (tertiary/aromatic N) is 1. The zero-order valence-corrected chi connectivity index (χ0v) is 22.8. The Kier molecular flexibility index (Phi) is 25.5. The molecule has 33 heavy (non-hydrogen) atoms. The van der Waals surface area contributed by atoms with E-state index in [0.717, 1.165) is 37.3 Å². The van der Waals surface area contributed by atoms with Crippen molar-refractivity contribution in [3.63, 3.8) is 0 Å². The van der Waals surface area contributed by atoms with Crippen molar-refractivity contribution in [2.24, 2.45) is 5.92 Å². The van der Waals surface area contributed by atoms with Crippen molar-refractivity contribution in [3.05, 3.63) is 5.21 Å². The van der Waals surface area contributed by atoms with Gasteiger partial charge in [-0.3, -0.25) is 9.97 Å². The Labute approximate surface area is 207 Å². The summed E-state index contributed by atoms with van der Waals surface area (Å²) < 4.78 is 0. The highest BCUT2D eigenvalue weighted by Gasteiger charge is 2.18. The number of rotatable bonds is 26. The highest BCUT2D eigenvalue weighted by Crippen LogP contribution is 2.20. The Morgan fingerprint density at radius 2 is 0.909 bits per heavy atom. The third kappa shape index (κ3) is 22.9. The van der Waals surface area contributed by atoms with Gasteiger partial charge in [0.2, 0.25) is 5.91 Å². The van der Waals surface area contributed by atoms with Gasteiger partial charge < -0.3 is 10.6 Å². The average molecular weight is 468 g/mol. The van der Waals surface area contributed by atoms with Gasteiger partial charge in [-0.15, -0.1) is 0 Å². The maximum atomic E-state index is 12.7. The van der Waals surface area contributed by atoms with Gasteiger partial charge in [0.1, 0.15) is 0 Å². The van der Waals surface area contributed by atoms with E-state index in [9.17, 15) is 10.0 Å². The van der Waals surface area contributed by atoms with Gasteiger partial charge in [-0.05, 0) is 19.3 Å². The van der Waals surface area contributed by atoms with Crippen LogP contribution in [0.25, 0.3) is 0 Å². The molecule has 0 bridgehead atoms. The standard InChI is InChI=1S/C29H59N2O2/c1-4-7-9-11-13-15-17-19-21-23-25-28(29(32)30-31(33)27-6-3)26-24-22-20-18-16-14-12-10-8-5-2/h28H,4-27H2,1-3H3,(H,30,32)/q-1.